The Hall–Kier alpha value is -1.26. The van der Waals surface area contributed by atoms with E-state index in [0.29, 0.717) is 6.42 Å². The van der Waals surface area contributed by atoms with Crippen LogP contribution in [0.15, 0.2) is 5.16 Å². The number of nitrogens with two attached hydrogens (primary N) is 1. The maximum atomic E-state index is 12.0. The van der Waals surface area contributed by atoms with Crippen molar-refractivity contribution in [2.45, 2.75) is 45.1 Å². The average molecular weight is 227 g/mol. The molecule has 1 aliphatic rings. The number of nitrogens with zero attached hydrogens (tertiary/aromatic N) is 2. The highest BCUT2D eigenvalue weighted by Gasteiger charge is 2.27. The van der Waals surface area contributed by atoms with Crippen LogP contribution in [0, 0.1) is 5.92 Å². The molecule has 0 aromatic rings. The van der Waals surface area contributed by atoms with E-state index in [-0.39, 0.29) is 23.7 Å². The Labute approximate surface area is 96.3 Å². The number of hydrogen-bond acceptors (Lipinski definition) is 3. The molecule has 3 N–H and O–H groups in total. The maximum Gasteiger partial charge on any atom is 0.225 e. The molecule has 0 saturated heterocycles. The maximum absolute atomic E-state index is 12.0. The fraction of sp³-hybridized carbons (Fsp3) is 0.818. The first-order chi connectivity index (χ1) is 7.56. The fourth-order valence-corrected chi connectivity index (χ4v) is 2.16. The van der Waals surface area contributed by atoms with Crippen LogP contribution in [0.25, 0.3) is 0 Å². The molecule has 0 aromatic heterocycles. The van der Waals surface area contributed by atoms with Crippen LogP contribution in [0.5, 0.6) is 0 Å². The molecule has 5 heteroatoms. The van der Waals surface area contributed by atoms with Gasteiger partial charge in [-0.2, -0.15) is 0 Å². The van der Waals surface area contributed by atoms with E-state index < -0.39 is 0 Å². The molecular weight excluding hydrogens is 206 g/mol. The van der Waals surface area contributed by atoms with E-state index in [0.717, 1.165) is 25.7 Å². The molecule has 1 amide bonds. The molecule has 1 atom stereocenters. The lowest BCUT2D eigenvalue weighted by atomic mass is 10.1. The van der Waals surface area contributed by atoms with Crippen LogP contribution in [0.4, 0.5) is 0 Å². The van der Waals surface area contributed by atoms with Crippen molar-refractivity contribution in [2.24, 2.45) is 16.8 Å². The van der Waals surface area contributed by atoms with Crippen molar-refractivity contribution in [1.29, 1.82) is 0 Å². The fourth-order valence-electron chi connectivity index (χ4n) is 2.16. The standard InChI is InChI=1S/C11H21N3O2/c1-8(7-10(12)13-16)14(2)11(15)9-5-3-4-6-9/h8-9,16H,3-7H2,1-2H3,(H2,12,13). The molecule has 16 heavy (non-hydrogen) atoms. The van der Waals surface area contributed by atoms with Gasteiger partial charge in [-0.25, -0.2) is 0 Å². The van der Waals surface area contributed by atoms with Crippen LogP contribution >= 0.6 is 0 Å². The van der Waals surface area contributed by atoms with E-state index in [1.165, 1.54) is 0 Å². The van der Waals surface area contributed by atoms with E-state index in [1.54, 1.807) is 11.9 Å². The van der Waals surface area contributed by atoms with Gasteiger partial charge in [0.25, 0.3) is 0 Å². The van der Waals surface area contributed by atoms with Crippen LogP contribution in [0.3, 0.4) is 0 Å². The van der Waals surface area contributed by atoms with E-state index in [4.69, 9.17) is 10.9 Å². The summed E-state index contributed by atoms with van der Waals surface area (Å²) in [5.74, 6) is 0.536. The molecule has 1 rings (SSSR count). The van der Waals surface area contributed by atoms with E-state index in [9.17, 15) is 4.79 Å². The minimum Gasteiger partial charge on any atom is -0.409 e. The van der Waals surface area contributed by atoms with E-state index >= 15 is 0 Å². The second kappa shape index (κ2) is 5.72. The van der Waals surface area contributed by atoms with Gasteiger partial charge in [0, 0.05) is 25.4 Å². The SMILES string of the molecule is CC(CC(N)=NO)N(C)C(=O)C1CCCC1. The van der Waals surface area contributed by atoms with Crippen molar-refractivity contribution in [1.82, 2.24) is 4.90 Å². The van der Waals surface area contributed by atoms with Crippen molar-refractivity contribution in [2.75, 3.05) is 7.05 Å². The third-order valence-electron chi connectivity index (χ3n) is 3.35. The minimum absolute atomic E-state index is 0.0241. The zero-order valence-corrected chi connectivity index (χ0v) is 10.0. The molecule has 1 aliphatic carbocycles. The normalized spacial score (nSPS) is 19.8. The van der Waals surface area contributed by atoms with Gasteiger partial charge in [0.15, 0.2) is 0 Å². The van der Waals surface area contributed by atoms with Crippen LogP contribution in [0.1, 0.15) is 39.0 Å². The molecule has 92 valence electrons. The summed E-state index contributed by atoms with van der Waals surface area (Å²) in [5, 5.41) is 11.4. The van der Waals surface area contributed by atoms with Crippen molar-refractivity contribution >= 4 is 11.7 Å². The Morgan fingerprint density at radius 3 is 2.62 bits per heavy atom. The second-order valence-corrected chi connectivity index (χ2v) is 4.58. The summed E-state index contributed by atoms with van der Waals surface area (Å²) >= 11 is 0. The molecule has 1 unspecified atom stereocenters. The summed E-state index contributed by atoms with van der Waals surface area (Å²) in [7, 11) is 1.79. The quantitative estimate of drug-likeness (QED) is 0.327. The zero-order chi connectivity index (χ0) is 12.1. The summed E-state index contributed by atoms with van der Waals surface area (Å²) in [4.78, 5) is 13.8. The molecule has 5 nitrogen and oxygen atoms in total. The van der Waals surface area contributed by atoms with Gasteiger partial charge in [-0.3, -0.25) is 4.79 Å². The largest absolute Gasteiger partial charge is 0.409 e. The summed E-state index contributed by atoms with van der Waals surface area (Å²) < 4.78 is 0. The predicted octanol–water partition coefficient (Wildman–Crippen LogP) is 1.16. The third-order valence-corrected chi connectivity index (χ3v) is 3.35. The first-order valence-corrected chi connectivity index (χ1v) is 5.79. The number of amidine groups is 1. The number of carbonyl (C=O) groups excluding carboxylic acids is 1. The summed E-state index contributed by atoms with van der Waals surface area (Å²) in [6, 6.07) is -0.0241. The Kier molecular flexibility index (Phi) is 4.58. The first kappa shape index (κ1) is 12.8. The number of hydrogen-bond donors (Lipinski definition) is 2. The molecule has 0 aliphatic heterocycles. The van der Waals surface area contributed by atoms with Crippen LogP contribution in [-0.4, -0.2) is 34.9 Å². The van der Waals surface area contributed by atoms with Gasteiger partial charge >= 0.3 is 0 Å². The van der Waals surface area contributed by atoms with Crippen molar-refractivity contribution in [3.63, 3.8) is 0 Å². The lowest BCUT2D eigenvalue weighted by Crippen LogP contribution is -2.40. The predicted molar refractivity (Wildman–Crippen MR) is 62.2 cm³/mol. The Bertz CT molecular complexity index is 272. The first-order valence-electron chi connectivity index (χ1n) is 5.79. The van der Waals surface area contributed by atoms with Gasteiger partial charge in [-0.15, -0.1) is 0 Å². The Morgan fingerprint density at radius 1 is 1.56 bits per heavy atom. The Balaban J connectivity index is 2.48. The molecule has 1 fully saturated rings. The topological polar surface area (TPSA) is 78.9 Å². The highest BCUT2D eigenvalue weighted by Crippen LogP contribution is 2.26. The summed E-state index contributed by atoms with van der Waals surface area (Å²) in [5.41, 5.74) is 5.43. The van der Waals surface area contributed by atoms with Crippen LogP contribution in [-0.2, 0) is 4.79 Å². The van der Waals surface area contributed by atoms with Crippen molar-refractivity contribution in [3.05, 3.63) is 0 Å². The third kappa shape index (κ3) is 3.12. The molecule has 0 bridgehead atoms. The molecule has 0 aromatic carbocycles. The Morgan fingerprint density at radius 2 is 2.12 bits per heavy atom. The lowest BCUT2D eigenvalue weighted by molar-refractivity contribution is -0.135. The summed E-state index contributed by atoms with van der Waals surface area (Å²) in [6.45, 7) is 1.91. The second-order valence-electron chi connectivity index (χ2n) is 4.58. The molecule has 0 spiro atoms. The highest BCUT2D eigenvalue weighted by atomic mass is 16.4. The van der Waals surface area contributed by atoms with Gasteiger partial charge in [-0.05, 0) is 19.8 Å². The molecule has 0 radical (unpaired) electrons. The van der Waals surface area contributed by atoms with Gasteiger partial charge in [0.05, 0.1) is 0 Å². The molecule has 0 heterocycles. The number of oxime groups is 1. The number of amides is 1. The van der Waals surface area contributed by atoms with Crippen LogP contribution < -0.4 is 5.73 Å². The highest BCUT2D eigenvalue weighted by molar-refractivity contribution is 5.82. The van der Waals surface area contributed by atoms with E-state index in [2.05, 4.69) is 5.16 Å². The van der Waals surface area contributed by atoms with Crippen molar-refractivity contribution in [3.8, 4) is 0 Å². The van der Waals surface area contributed by atoms with Crippen LogP contribution in [0.2, 0.25) is 0 Å². The lowest BCUT2D eigenvalue weighted by Gasteiger charge is -2.27. The van der Waals surface area contributed by atoms with Gasteiger partial charge in [0.2, 0.25) is 5.91 Å². The smallest absolute Gasteiger partial charge is 0.225 e. The average Bonchev–Trinajstić information content (AvgIpc) is 2.80. The summed E-state index contributed by atoms with van der Waals surface area (Å²) in [6.07, 6.45) is 4.71. The molecule has 1 saturated carbocycles. The minimum atomic E-state index is -0.0241. The van der Waals surface area contributed by atoms with Gasteiger partial charge in [-0.1, -0.05) is 18.0 Å². The number of rotatable bonds is 4. The zero-order valence-electron chi connectivity index (χ0n) is 10.0. The number of carbonyl (C=O) groups is 1. The van der Waals surface area contributed by atoms with Gasteiger partial charge < -0.3 is 15.8 Å². The van der Waals surface area contributed by atoms with Crippen molar-refractivity contribution < 1.29 is 10.0 Å². The van der Waals surface area contributed by atoms with Gasteiger partial charge in [0.1, 0.15) is 5.84 Å². The van der Waals surface area contributed by atoms with E-state index in [1.807, 2.05) is 6.92 Å². The monoisotopic (exact) mass is 227 g/mol. The molecular formula is C11H21N3O2.